The summed E-state index contributed by atoms with van der Waals surface area (Å²) in [5.74, 6) is 0.418. The number of carbonyl (C=O) groups excluding carboxylic acids is 1. The van der Waals surface area contributed by atoms with E-state index in [1.54, 1.807) is 24.3 Å². The molecule has 5 nitrogen and oxygen atoms in total. The molecule has 1 spiro atoms. The van der Waals surface area contributed by atoms with Gasteiger partial charge in [-0.2, -0.15) is 0 Å². The molecule has 2 aliphatic rings. The van der Waals surface area contributed by atoms with Crippen molar-refractivity contribution in [3.05, 3.63) is 77.9 Å². The van der Waals surface area contributed by atoms with Crippen LogP contribution in [0.3, 0.4) is 0 Å². The summed E-state index contributed by atoms with van der Waals surface area (Å²) >= 11 is 4.35. The van der Waals surface area contributed by atoms with Crippen molar-refractivity contribution in [2.24, 2.45) is 0 Å². The van der Waals surface area contributed by atoms with Crippen LogP contribution in [0.4, 0.5) is 0 Å². The van der Waals surface area contributed by atoms with Crippen LogP contribution in [0.25, 0.3) is 0 Å². The summed E-state index contributed by atoms with van der Waals surface area (Å²) in [7, 11) is 0. The number of hydrogen-bond acceptors (Lipinski definition) is 5. The minimum Gasteiger partial charge on any atom is -1.00 e. The molecule has 0 bridgehead atoms. The molecule has 2 N–H and O–H groups in total. The maximum Gasteiger partial charge on any atom is 1.00 e. The first-order valence-electron chi connectivity index (χ1n) is 7.98. The second-order valence-electron chi connectivity index (χ2n) is 6.32. The van der Waals surface area contributed by atoms with Gasteiger partial charge >= 0.3 is 35.5 Å². The number of carbonyl (C=O) groups is 1. The molecule has 0 aromatic heterocycles. The third kappa shape index (κ3) is 2.70. The van der Waals surface area contributed by atoms with Gasteiger partial charge in [0.05, 0.1) is 5.56 Å². The van der Waals surface area contributed by atoms with Crippen LogP contribution >= 0.6 is 45.2 Å². The van der Waals surface area contributed by atoms with Gasteiger partial charge in [-0.1, -0.05) is 6.07 Å². The molecule has 0 radical (unpaired) electrons. The maximum absolute atomic E-state index is 12.9. The van der Waals surface area contributed by atoms with E-state index in [4.69, 9.17) is 9.47 Å². The summed E-state index contributed by atoms with van der Waals surface area (Å²) in [5.41, 5.74) is 1.31. The van der Waals surface area contributed by atoms with E-state index >= 15 is 0 Å². The maximum atomic E-state index is 12.9. The minimum atomic E-state index is -1.19. The van der Waals surface area contributed by atoms with Crippen LogP contribution in [-0.2, 0) is 10.3 Å². The van der Waals surface area contributed by atoms with E-state index in [2.05, 4.69) is 45.2 Å². The average molecular weight is 608 g/mol. The number of phenolic OH excluding ortho intramolecular Hbond substituents is 2. The second-order valence-corrected chi connectivity index (χ2v) is 8.56. The van der Waals surface area contributed by atoms with Crippen molar-refractivity contribution in [2.45, 2.75) is 5.60 Å². The van der Waals surface area contributed by atoms with E-state index < -0.39 is 11.6 Å². The molecule has 0 fully saturated rings. The topological polar surface area (TPSA) is 76.0 Å². The van der Waals surface area contributed by atoms with Crippen LogP contribution in [0.1, 0.15) is 28.5 Å². The number of hydrogen-bond donors (Lipinski definition) is 2. The van der Waals surface area contributed by atoms with Crippen molar-refractivity contribution in [1.82, 2.24) is 0 Å². The van der Waals surface area contributed by atoms with Gasteiger partial charge in [-0.25, -0.2) is 4.79 Å². The monoisotopic (exact) mass is 608 g/mol. The zero-order chi connectivity index (χ0) is 18.9. The van der Waals surface area contributed by atoms with Crippen LogP contribution in [0.15, 0.2) is 48.5 Å². The largest absolute Gasteiger partial charge is 1.00 e. The normalized spacial score (nSPS) is 15.0. The van der Waals surface area contributed by atoms with Crippen molar-refractivity contribution in [3.63, 3.8) is 0 Å². The van der Waals surface area contributed by atoms with E-state index in [9.17, 15) is 15.0 Å². The molecule has 28 heavy (non-hydrogen) atoms. The van der Waals surface area contributed by atoms with Crippen molar-refractivity contribution < 1.29 is 55.5 Å². The predicted octanol–water partition coefficient (Wildman–Crippen LogP) is 1.99. The number of rotatable bonds is 0. The number of fused-ring (bicyclic) bond motifs is 6. The number of halogens is 2. The Labute approximate surface area is 211 Å². The zero-order valence-electron chi connectivity index (χ0n) is 15.5. The van der Waals surface area contributed by atoms with Gasteiger partial charge in [0.15, 0.2) is 5.60 Å². The first kappa shape index (κ1) is 20.3. The molecule has 0 saturated carbocycles. The van der Waals surface area contributed by atoms with E-state index in [1.807, 2.05) is 12.1 Å². The Morgan fingerprint density at radius 2 is 1.39 bits per heavy atom. The van der Waals surface area contributed by atoms with E-state index in [-0.39, 0.29) is 42.5 Å². The number of phenols is 2. The summed E-state index contributed by atoms with van der Waals surface area (Å²) in [6.45, 7) is 0. The smallest absolute Gasteiger partial charge is 1.00 e. The fourth-order valence-electron chi connectivity index (χ4n) is 3.72. The Kier molecular flexibility index (Phi) is 5.10. The van der Waals surface area contributed by atoms with Gasteiger partial charge in [0.1, 0.15) is 23.0 Å². The summed E-state index contributed by atoms with van der Waals surface area (Å²) in [4.78, 5) is 12.9. The standard InChI is InChI=1S/C20H10I2O5.Na.H/c21-14-6-5-13-17(18(14)22)19(25)27-20(13)11-3-1-9(23)7-15(11)26-16-8-10(24)2-4-12(16)20;;/h1-8,23-24H;;/q;+1;-1. The molecule has 0 saturated heterocycles. The first-order chi connectivity index (χ1) is 12.9. The Morgan fingerprint density at radius 3 is 1.96 bits per heavy atom. The number of aromatic hydroxyl groups is 2. The molecule has 2 heterocycles. The quantitative estimate of drug-likeness (QED) is 0.232. The molecular formula is C20H11I2NaO5. The molecule has 3 aromatic rings. The third-order valence-electron chi connectivity index (χ3n) is 4.83. The zero-order valence-corrected chi connectivity index (χ0v) is 20.8. The van der Waals surface area contributed by atoms with E-state index in [0.717, 1.165) is 12.7 Å². The molecule has 3 aromatic carbocycles. The molecule has 0 unspecified atom stereocenters. The van der Waals surface area contributed by atoms with Crippen LogP contribution in [0, 0.1) is 7.14 Å². The summed E-state index contributed by atoms with van der Waals surface area (Å²) in [6.07, 6.45) is 0. The van der Waals surface area contributed by atoms with Gasteiger partial charge in [-0.05, 0) is 75.5 Å². The second kappa shape index (κ2) is 7.05. The number of benzene rings is 3. The molecular weight excluding hydrogens is 597 g/mol. The SMILES string of the molecule is O=C1OC2(c3ccc(O)cc3Oc3cc(O)ccc32)c2ccc(I)c(I)c21.[H-].[Na+]. The fraction of sp³-hybridized carbons (Fsp3) is 0.0500. The average Bonchev–Trinajstić information content (AvgIpc) is 2.91. The molecule has 0 aliphatic carbocycles. The van der Waals surface area contributed by atoms with E-state index in [1.165, 1.54) is 12.1 Å². The summed E-state index contributed by atoms with van der Waals surface area (Å²) in [6, 6.07) is 13.3. The number of ether oxygens (including phenoxy) is 2. The first-order valence-corrected chi connectivity index (χ1v) is 10.1. The number of esters is 1. The Hall–Kier alpha value is -1.01. The van der Waals surface area contributed by atoms with Crippen molar-refractivity contribution >= 4 is 51.2 Å². The molecule has 5 rings (SSSR count). The predicted molar refractivity (Wildman–Crippen MR) is 115 cm³/mol. The molecule has 136 valence electrons. The summed E-state index contributed by atoms with van der Waals surface area (Å²) in [5, 5.41) is 19.8. The van der Waals surface area contributed by atoms with Crippen LogP contribution in [-0.4, -0.2) is 16.2 Å². The van der Waals surface area contributed by atoms with Gasteiger partial charge in [-0.3, -0.25) is 0 Å². The van der Waals surface area contributed by atoms with Gasteiger partial charge in [0, 0.05) is 36.0 Å². The van der Waals surface area contributed by atoms with E-state index in [0.29, 0.717) is 28.2 Å². The molecule has 8 heteroatoms. The molecule has 0 atom stereocenters. The fourth-order valence-corrected chi connectivity index (χ4v) is 4.86. The molecule has 0 amide bonds. The van der Waals surface area contributed by atoms with Crippen LogP contribution in [0.2, 0.25) is 0 Å². The summed E-state index contributed by atoms with van der Waals surface area (Å²) < 4.78 is 13.7. The van der Waals surface area contributed by atoms with Crippen molar-refractivity contribution in [3.8, 4) is 23.0 Å². The van der Waals surface area contributed by atoms with Crippen molar-refractivity contribution in [2.75, 3.05) is 0 Å². The Bertz CT molecular complexity index is 1120. The third-order valence-corrected chi connectivity index (χ3v) is 7.88. The van der Waals surface area contributed by atoms with Gasteiger partial charge in [0.25, 0.3) is 0 Å². The van der Waals surface area contributed by atoms with Gasteiger partial charge in [-0.15, -0.1) is 0 Å². The van der Waals surface area contributed by atoms with Crippen LogP contribution in [0.5, 0.6) is 23.0 Å². The Balaban J connectivity index is 0.00000120. The minimum absolute atomic E-state index is 0. The van der Waals surface area contributed by atoms with Crippen LogP contribution < -0.4 is 34.3 Å². The molecule has 2 aliphatic heterocycles. The van der Waals surface area contributed by atoms with Gasteiger partial charge < -0.3 is 21.1 Å². The van der Waals surface area contributed by atoms with Crippen molar-refractivity contribution in [1.29, 1.82) is 0 Å². The Morgan fingerprint density at radius 1 is 0.857 bits per heavy atom. The van der Waals surface area contributed by atoms with Gasteiger partial charge in [0.2, 0.25) is 0 Å².